The minimum atomic E-state index is -2.43. The lowest BCUT2D eigenvalue weighted by Gasteiger charge is -2.55. The minimum Gasteiger partial charge on any atom is -0.308 e. The maximum absolute atomic E-state index is 13.0. The van der Waals surface area contributed by atoms with Crippen molar-refractivity contribution in [2.45, 2.75) is 56.5 Å². The third kappa shape index (κ3) is 1.89. The molecule has 0 bridgehead atoms. The largest absolute Gasteiger partial charge is 0.308 e. The van der Waals surface area contributed by atoms with Gasteiger partial charge >= 0.3 is 0 Å². The van der Waals surface area contributed by atoms with E-state index in [-0.39, 0.29) is 18.4 Å². The quantitative estimate of drug-likeness (QED) is 0.801. The van der Waals surface area contributed by atoms with Crippen LogP contribution in [0.3, 0.4) is 0 Å². The van der Waals surface area contributed by atoms with Gasteiger partial charge in [0.15, 0.2) is 0 Å². The second-order valence-electron chi connectivity index (χ2n) is 6.86. The van der Waals surface area contributed by atoms with E-state index in [0.717, 1.165) is 19.5 Å². The molecule has 0 aromatic heterocycles. The number of halogens is 2. The number of nitrogens with one attached hydrogen (secondary N) is 1. The molecule has 1 aliphatic heterocycles. The van der Waals surface area contributed by atoms with Crippen molar-refractivity contribution in [2.75, 3.05) is 20.1 Å². The lowest BCUT2D eigenvalue weighted by atomic mass is 9.62. The van der Waals surface area contributed by atoms with Gasteiger partial charge in [0.1, 0.15) is 0 Å². The Morgan fingerprint density at radius 2 is 1.94 bits per heavy atom. The van der Waals surface area contributed by atoms with Crippen molar-refractivity contribution in [3.63, 3.8) is 0 Å². The molecule has 1 saturated heterocycles. The highest BCUT2D eigenvalue weighted by atomic mass is 19.3. The first-order chi connectivity index (χ1) is 7.83. The zero-order valence-corrected chi connectivity index (χ0v) is 10.7. The van der Waals surface area contributed by atoms with Crippen LogP contribution in [0.15, 0.2) is 0 Å². The van der Waals surface area contributed by atoms with Crippen LogP contribution in [0.1, 0.15) is 39.0 Å². The summed E-state index contributed by atoms with van der Waals surface area (Å²) in [5.41, 5.74) is 0.0748. The van der Waals surface area contributed by atoms with Crippen LogP contribution >= 0.6 is 0 Å². The van der Waals surface area contributed by atoms with Gasteiger partial charge in [0.25, 0.3) is 5.92 Å². The molecule has 1 N–H and O–H groups in total. The smallest absolute Gasteiger partial charge is 0.251 e. The van der Waals surface area contributed by atoms with Crippen molar-refractivity contribution >= 4 is 0 Å². The van der Waals surface area contributed by atoms with Crippen molar-refractivity contribution in [1.29, 1.82) is 0 Å². The predicted octanol–water partition coefficient (Wildman–Crippen LogP) is 2.25. The van der Waals surface area contributed by atoms with Crippen LogP contribution in [0, 0.1) is 5.41 Å². The minimum absolute atomic E-state index is 0.0163. The highest BCUT2D eigenvalue weighted by Gasteiger charge is 2.58. The zero-order chi connectivity index (χ0) is 12.3. The third-order valence-electron chi connectivity index (χ3n) is 5.07. The SMILES string of the molecule is CN1CCC2(CCC2NC2(C)CC(F)(F)C2)C1. The van der Waals surface area contributed by atoms with Gasteiger partial charge in [0.05, 0.1) is 0 Å². The Bertz CT molecular complexity index is 323. The van der Waals surface area contributed by atoms with Crippen molar-refractivity contribution < 1.29 is 8.78 Å². The van der Waals surface area contributed by atoms with Gasteiger partial charge < -0.3 is 10.2 Å². The Morgan fingerprint density at radius 1 is 1.24 bits per heavy atom. The number of hydrogen-bond acceptors (Lipinski definition) is 2. The van der Waals surface area contributed by atoms with Gasteiger partial charge in [0, 0.05) is 31.0 Å². The van der Waals surface area contributed by atoms with E-state index in [2.05, 4.69) is 17.3 Å². The molecule has 2 atom stereocenters. The number of alkyl halides is 2. The summed E-state index contributed by atoms with van der Waals surface area (Å²) in [6.07, 6.45) is 3.69. The normalized spacial score (nSPS) is 43.4. The lowest BCUT2D eigenvalue weighted by Crippen LogP contribution is -2.67. The first kappa shape index (κ1) is 11.8. The van der Waals surface area contributed by atoms with Gasteiger partial charge in [-0.2, -0.15) is 0 Å². The van der Waals surface area contributed by atoms with Gasteiger partial charge in [0.2, 0.25) is 0 Å². The molecule has 3 rings (SSSR count). The van der Waals surface area contributed by atoms with Crippen molar-refractivity contribution in [3.05, 3.63) is 0 Å². The average molecular weight is 244 g/mol. The third-order valence-corrected chi connectivity index (χ3v) is 5.07. The molecule has 0 aromatic rings. The first-order valence-electron chi connectivity index (χ1n) is 6.67. The molecule has 1 heterocycles. The summed E-state index contributed by atoms with van der Waals surface area (Å²) in [6, 6.07) is 0.466. The van der Waals surface area contributed by atoms with E-state index >= 15 is 0 Å². The number of rotatable bonds is 2. The molecule has 2 aliphatic carbocycles. The van der Waals surface area contributed by atoms with E-state index in [1.807, 2.05) is 6.92 Å². The fraction of sp³-hybridized carbons (Fsp3) is 1.00. The monoisotopic (exact) mass is 244 g/mol. The molecular weight excluding hydrogens is 222 g/mol. The van der Waals surface area contributed by atoms with Crippen LogP contribution in [-0.4, -0.2) is 42.5 Å². The predicted molar refractivity (Wildman–Crippen MR) is 63.3 cm³/mol. The number of nitrogens with zero attached hydrogens (tertiary/aromatic N) is 1. The van der Waals surface area contributed by atoms with Crippen molar-refractivity contribution in [3.8, 4) is 0 Å². The van der Waals surface area contributed by atoms with Crippen molar-refractivity contribution in [2.24, 2.45) is 5.41 Å². The summed E-state index contributed by atoms with van der Waals surface area (Å²) >= 11 is 0. The maximum atomic E-state index is 13.0. The van der Waals surface area contributed by atoms with Gasteiger partial charge in [-0.3, -0.25) is 0 Å². The average Bonchev–Trinajstić information content (AvgIpc) is 2.55. The van der Waals surface area contributed by atoms with Crippen LogP contribution in [0.25, 0.3) is 0 Å². The molecule has 0 aromatic carbocycles. The van der Waals surface area contributed by atoms with Gasteiger partial charge in [-0.25, -0.2) is 8.78 Å². The fourth-order valence-corrected chi connectivity index (χ4v) is 4.13. The van der Waals surface area contributed by atoms with E-state index < -0.39 is 5.92 Å². The molecule has 17 heavy (non-hydrogen) atoms. The van der Waals surface area contributed by atoms with E-state index in [1.54, 1.807) is 0 Å². The Balaban J connectivity index is 1.60. The lowest BCUT2D eigenvalue weighted by molar-refractivity contribution is -0.139. The summed E-state index contributed by atoms with van der Waals surface area (Å²) in [4.78, 5) is 2.37. The molecule has 4 heteroatoms. The number of hydrogen-bond donors (Lipinski definition) is 1. The van der Waals surface area contributed by atoms with Crippen molar-refractivity contribution in [1.82, 2.24) is 10.2 Å². The topological polar surface area (TPSA) is 15.3 Å². The Kier molecular flexibility index (Phi) is 2.38. The molecule has 98 valence electrons. The maximum Gasteiger partial charge on any atom is 0.251 e. The Hall–Kier alpha value is -0.220. The molecule has 3 fully saturated rings. The van der Waals surface area contributed by atoms with E-state index in [0.29, 0.717) is 11.5 Å². The molecular formula is C13H22F2N2. The molecule has 2 unspecified atom stereocenters. The zero-order valence-electron chi connectivity index (χ0n) is 10.7. The Morgan fingerprint density at radius 3 is 2.35 bits per heavy atom. The number of likely N-dealkylation sites (tertiary alicyclic amines) is 1. The summed E-state index contributed by atoms with van der Waals surface area (Å²) < 4.78 is 26.0. The standard InChI is InChI=1S/C13H22F2N2/c1-11(7-13(14,15)8-11)16-10-3-4-12(10)5-6-17(2)9-12/h10,16H,3-9H2,1-2H3. The summed E-state index contributed by atoms with van der Waals surface area (Å²) in [7, 11) is 2.16. The van der Waals surface area contributed by atoms with Crippen LogP contribution < -0.4 is 5.32 Å². The van der Waals surface area contributed by atoms with Gasteiger partial charge in [-0.1, -0.05) is 0 Å². The van der Waals surface area contributed by atoms with Crippen LogP contribution in [-0.2, 0) is 0 Å². The fourth-order valence-electron chi connectivity index (χ4n) is 4.13. The summed E-state index contributed by atoms with van der Waals surface area (Å²) in [5.74, 6) is -2.43. The molecule has 3 aliphatic rings. The summed E-state index contributed by atoms with van der Waals surface area (Å²) in [6.45, 7) is 4.25. The van der Waals surface area contributed by atoms with Crippen LogP contribution in [0.5, 0.6) is 0 Å². The Labute approximate surface area is 102 Å². The van der Waals surface area contributed by atoms with Gasteiger partial charge in [-0.15, -0.1) is 0 Å². The molecule has 2 saturated carbocycles. The van der Waals surface area contributed by atoms with Gasteiger partial charge in [-0.05, 0) is 45.2 Å². The van der Waals surface area contributed by atoms with Crippen LogP contribution in [0.2, 0.25) is 0 Å². The van der Waals surface area contributed by atoms with E-state index in [4.69, 9.17) is 0 Å². The first-order valence-corrected chi connectivity index (χ1v) is 6.67. The second-order valence-corrected chi connectivity index (χ2v) is 6.86. The highest BCUT2D eigenvalue weighted by Crippen LogP contribution is 2.52. The molecule has 0 radical (unpaired) electrons. The summed E-state index contributed by atoms with van der Waals surface area (Å²) in [5, 5.41) is 3.53. The molecule has 0 amide bonds. The van der Waals surface area contributed by atoms with Crippen LogP contribution in [0.4, 0.5) is 8.78 Å². The second kappa shape index (κ2) is 3.41. The van der Waals surface area contributed by atoms with E-state index in [9.17, 15) is 8.78 Å². The molecule has 2 nitrogen and oxygen atoms in total. The highest BCUT2D eigenvalue weighted by molar-refractivity contribution is 5.11. The molecule has 1 spiro atoms. The van der Waals surface area contributed by atoms with E-state index in [1.165, 1.54) is 12.8 Å².